The summed E-state index contributed by atoms with van der Waals surface area (Å²) < 4.78 is 0. The van der Waals surface area contributed by atoms with Crippen molar-refractivity contribution in [3.63, 3.8) is 0 Å². The van der Waals surface area contributed by atoms with Crippen LogP contribution in [-0.4, -0.2) is 17.4 Å². The molecule has 1 aromatic rings. The summed E-state index contributed by atoms with van der Waals surface area (Å²) in [5, 5.41) is 8.63. The Morgan fingerprint density at radius 2 is 2.07 bits per heavy atom. The molecular weight excluding hydrogens is 176 g/mol. The summed E-state index contributed by atoms with van der Waals surface area (Å²) in [5.41, 5.74) is 1.13. The van der Waals surface area contributed by atoms with Crippen molar-refractivity contribution in [2.75, 3.05) is 6.54 Å². The van der Waals surface area contributed by atoms with Crippen molar-refractivity contribution in [2.45, 2.75) is 13.3 Å². The maximum absolute atomic E-state index is 10.9. The lowest BCUT2D eigenvalue weighted by Crippen LogP contribution is -2.25. The Morgan fingerprint density at radius 1 is 1.43 bits per heavy atom. The highest BCUT2D eigenvalue weighted by atomic mass is 16.2. The number of nitriles is 1. The number of carbonyl (C=O) groups excluding carboxylic acids is 1. The molecule has 0 N–H and O–H groups in total. The van der Waals surface area contributed by atoms with Crippen LogP contribution in [0.3, 0.4) is 0 Å². The van der Waals surface area contributed by atoms with Crippen LogP contribution in [0.2, 0.25) is 0 Å². The zero-order chi connectivity index (χ0) is 10.4. The molecule has 72 valence electrons. The fraction of sp³-hybridized carbons (Fsp3) is 0.273. The van der Waals surface area contributed by atoms with E-state index in [0.717, 1.165) is 10.5 Å². The molecule has 0 aliphatic heterocycles. The summed E-state index contributed by atoms with van der Waals surface area (Å²) in [7, 11) is 0. The third kappa shape index (κ3) is 2.91. The maximum atomic E-state index is 10.9. The first-order chi connectivity index (χ1) is 6.74. The molecule has 0 aliphatic rings. The third-order valence-corrected chi connectivity index (χ3v) is 1.97. The Balaban J connectivity index is 2.49. The monoisotopic (exact) mass is 188 g/mol. The third-order valence-electron chi connectivity index (χ3n) is 1.97. The number of amides is 1. The molecule has 0 bridgehead atoms. The van der Waals surface area contributed by atoms with Gasteiger partial charge in [0.2, 0.25) is 5.91 Å². The molecule has 0 fully saturated rings. The van der Waals surface area contributed by atoms with E-state index >= 15 is 0 Å². The highest BCUT2D eigenvalue weighted by molar-refractivity contribution is 5.74. The van der Waals surface area contributed by atoms with Crippen LogP contribution in [0, 0.1) is 11.5 Å². The van der Waals surface area contributed by atoms with Gasteiger partial charge in [0.1, 0.15) is 0 Å². The van der Waals surface area contributed by atoms with Gasteiger partial charge in [-0.2, -0.15) is 5.26 Å². The van der Waals surface area contributed by atoms with Gasteiger partial charge in [-0.25, -0.2) is 4.90 Å². The molecule has 0 saturated heterocycles. The van der Waals surface area contributed by atoms with Gasteiger partial charge in [-0.1, -0.05) is 30.3 Å². The molecule has 3 nitrogen and oxygen atoms in total. The highest BCUT2D eigenvalue weighted by Crippen LogP contribution is 2.00. The molecule has 0 radical (unpaired) electrons. The molecular formula is C11H12N2O. The van der Waals surface area contributed by atoms with Crippen molar-refractivity contribution in [3.8, 4) is 6.19 Å². The number of carbonyl (C=O) groups is 1. The van der Waals surface area contributed by atoms with Crippen molar-refractivity contribution < 1.29 is 4.79 Å². The summed E-state index contributed by atoms with van der Waals surface area (Å²) in [6.45, 7) is 1.85. The van der Waals surface area contributed by atoms with Crippen LogP contribution < -0.4 is 0 Å². The second-order valence-electron chi connectivity index (χ2n) is 3.01. The SMILES string of the molecule is CC(=O)N(C#N)CCc1ccccc1. The topological polar surface area (TPSA) is 44.1 Å². The van der Waals surface area contributed by atoms with Crippen LogP contribution >= 0.6 is 0 Å². The molecule has 0 spiro atoms. The second kappa shape index (κ2) is 5.03. The van der Waals surface area contributed by atoms with Crippen molar-refractivity contribution in [2.24, 2.45) is 0 Å². The Hall–Kier alpha value is -1.82. The molecule has 14 heavy (non-hydrogen) atoms. The van der Waals surface area contributed by atoms with Gasteiger partial charge in [0, 0.05) is 13.5 Å². The molecule has 0 unspecified atom stereocenters. The first kappa shape index (κ1) is 10.3. The standard InChI is InChI=1S/C11H12N2O/c1-10(14)13(9-12)8-7-11-5-3-2-4-6-11/h2-6H,7-8H2,1H3. The molecule has 0 atom stereocenters. The van der Waals surface area contributed by atoms with E-state index in [-0.39, 0.29) is 5.91 Å². The van der Waals surface area contributed by atoms with Crippen molar-refractivity contribution in [1.82, 2.24) is 4.90 Å². The lowest BCUT2D eigenvalue weighted by atomic mass is 10.1. The summed E-state index contributed by atoms with van der Waals surface area (Å²) in [5.74, 6) is -0.205. The summed E-state index contributed by atoms with van der Waals surface area (Å²) in [6.07, 6.45) is 2.57. The van der Waals surface area contributed by atoms with Crippen molar-refractivity contribution in [1.29, 1.82) is 5.26 Å². The van der Waals surface area contributed by atoms with Crippen LogP contribution in [-0.2, 0) is 11.2 Å². The lowest BCUT2D eigenvalue weighted by molar-refractivity contribution is -0.125. The smallest absolute Gasteiger partial charge is 0.232 e. The van der Waals surface area contributed by atoms with Crippen LogP contribution in [0.5, 0.6) is 0 Å². The van der Waals surface area contributed by atoms with E-state index < -0.39 is 0 Å². The van der Waals surface area contributed by atoms with E-state index in [1.54, 1.807) is 0 Å². The number of nitrogens with zero attached hydrogens (tertiary/aromatic N) is 2. The van der Waals surface area contributed by atoms with E-state index in [4.69, 9.17) is 5.26 Å². The van der Waals surface area contributed by atoms with Gasteiger partial charge in [-0.05, 0) is 12.0 Å². The van der Waals surface area contributed by atoms with Crippen molar-refractivity contribution >= 4 is 5.91 Å². The molecule has 0 aromatic heterocycles. The number of rotatable bonds is 3. The Kier molecular flexibility index (Phi) is 3.69. The first-order valence-electron chi connectivity index (χ1n) is 4.46. The lowest BCUT2D eigenvalue weighted by Gasteiger charge is -2.10. The quantitative estimate of drug-likeness (QED) is 0.533. The summed E-state index contributed by atoms with van der Waals surface area (Å²) >= 11 is 0. The zero-order valence-electron chi connectivity index (χ0n) is 8.10. The van der Waals surface area contributed by atoms with Crippen molar-refractivity contribution in [3.05, 3.63) is 35.9 Å². The van der Waals surface area contributed by atoms with E-state index in [2.05, 4.69) is 0 Å². The molecule has 1 rings (SSSR count). The number of benzene rings is 1. The van der Waals surface area contributed by atoms with Gasteiger partial charge < -0.3 is 0 Å². The molecule has 0 saturated carbocycles. The minimum atomic E-state index is -0.205. The molecule has 1 aromatic carbocycles. The second-order valence-corrected chi connectivity index (χ2v) is 3.01. The Morgan fingerprint density at radius 3 is 2.57 bits per heavy atom. The van der Waals surface area contributed by atoms with E-state index in [9.17, 15) is 4.79 Å². The molecule has 1 amide bonds. The minimum absolute atomic E-state index is 0.205. The normalized spacial score (nSPS) is 9.14. The first-order valence-corrected chi connectivity index (χ1v) is 4.46. The van der Waals surface area contributed by atoms with Crippen LogP contribution in [0.15, 0.2) is 30.3 Å². The fourth-order valence-corrected chi connectivity index (χ4v) is 1.16. The predicted molar refractivity (Wildman–Crippen MR) is 53.1 cm³/mol. The molecule has 0 aliphatic carbocycles. The van der Waals surface area contributed by atoms with Crippen LogP contribution in [0.4, 0.5) is 0 Å². The number of hydrogen-bond acceptors (Lipinski definition) is 2. The van der Waals surface area contributed by atoms with Gasteiger partial charge in [0.15, 0.2) is 6.19 Å². The van der Waals surface area contributed by atoms with Gasteiger partial charge in [0.25, 0.3) is 0 Å². The molecule has 3 heteroatoms. The summed E-state index contributed by atoms with van der Waals surface area (Å²) in [4.78, 5) is 12.1. The van der Waals surface area contributed by atoms with E-state index in [0.29, 0.717) is 13.0 Å². The predicted octanol–water partition coefficient (Wildman–Crippen LogP) is 1.56. The Bertz CT molecular complexity index is 340. The maximum Gasteiger partial charge on any atom is 0.232 e. The van der Waals surface area contributed by atoms with E-state index in [1.807, 2.05) is 36.5 Å². The van der Waals surface area contributed by atoms with Gasteiger partial charge in [-0.15, -0.1) is 0 Å². The van der Waals surface area contributed by atoms with Gasteiger partial charge >= 0.3 is 0 Å². The van der Waals surface area contributed by atoms with Crippen LogP contribution in [0.25, 0.3) is 0 Å². The summed E-state index contributed by atoms with van der Waals surface area (Å²) in [6, 6.07) is 9.79. The fourth-order valence-electron chi connectivity index (χ4n) is 1.16. The van der Waals surface area contributed by atoms with Crippen LogP contribution in [0.1, 0.15) is 12.5 Å². The van der Waals surface area contributed by atoms with Gasteiger partial charge in [-0.3, -0.25) is 4.79 Å². The van der Waals surface area contributed by atoms with Gasteiger partial charge in [0.05, 0.1) is 0 Å². The number of hydrogen-bond donors (Lipinski definition) is 0. The van der Waals surface area contributed by atoms with E-state index in [1.165, 1.54) is 6.92 Å². The minimum Gasteiger partial charge on any atom is -0.274 e. The Labute approximate surface area is 83.6 Å². The largest absolute Gasteiger partial charge is 0.274 e. The average molecular weight is 188 g/mol. The average Bonchev–Trinajstić information content (AvgIpc) is 2.20. The highest BCUT2D eigenvalue weighted by Gasteiger charge is 2.06. The zero-order valence-corrected chi connectivity index (χ0v) is 8.10. The molecule has 0 heterocycles.